The van der Waals surface area contributed by atoms with E-state index in [4.69, 9.17) is 0 Å². The van der Waals surface area contributed by atoms with Crippen LogP contribution >= 0.6 is 0 Å². The van der Waals surface area contributed by atoms with Gasteiger partial charge in [-0.1, -0.05) is 27.7 Å². The van der Waals surface area contributed by atoms with Crippen molar-refractivity contribution in [2.24, 2.45) is 5.92 Å². The summed E-state index contributed by atoms with van der Waals surface area (Å²) < 4.78 is 0. The molecule has 1 unspecified atom stereocenters. The minimum Gasteiger partial charge on any atom is -0.388 e. The first-order valence-electron chi connectivity index (χ1n) is 7.26. The van der Waals surface area contributed by atoms with Crippen LogP contribution in [0, 0.1) is 5.92 Å². The second kappa shape index (κ2) is 6.88. The first-order chi connectivity index (χ1) is 9.23. The molecule has 0 bridgehead atoms. The summed E-state index contributed by atoms with van der Waals surface area (Å²) in [5.41, 5.74) is -0.739. The molecule has 5 heteroatoms. The topological polar surface area (TPSA) is 70.1 Å². The molecule has 0 fully saturated rings. The highest BCUT2D eigenvalue weighted by Crippen LogP contribution is 2.20. The monoisotopic (exact) mass is 280 g/mol. The molecule has 20 heavy (non-hydrogen) atoms. The lowest BCUT2D eigenvalue weighted by molar-refractivity contribution is 0.0514. The van der Waals surface area contributed by atoms with Gasteiger partial charge < -0.3 is 15.7 Å². The normalized spacial score (nSPS) is 14.4. The van der Waals surface area contributed by atoms with Crippen molar-refractivity contribution in [3.63, 3.8) is 0 Å². The summed E-state index contributed by atoms with van der Waals surface area (Å²) in [7, 11) is 1.84. The van der Waals surface area contributed by atoms with E-state index in [9.17, 15) is 5.11 Å². The molecule has 0 aromatic carbocycles. The number of hydrogen-bond donors (Lipinski definition) is 3. The van der Waals surface area contributed by atoms with Gasteiger partial charge in [0.05, 0.1) is 5.60 Å². The fraction of sp³-hybridized carbons (Fsp3) is 0.733. The SMILES string of the molecule is CNc1cc(NCC(C)(O)CC(C)C)nc(C(C)C)n1. The Morgan fingerprint density at radius 2 is 1.80 bits per heavy atom. The van der Waals surface area contributed by atoms with E-state index in [0.29, 0.717) is 12.5 Å². The third-order valence-corrected chi connectivity index (χ3v) is 3.01. The molecule has 0 saturated carbocycles. The standard InChI is InChI=1S/C15H28N4O/c1-10(2)8-15(5,20)9-17-13-7-12(16-6)18-14(19-13)11(3)4/h7,10-11,20H,8-9H2,1-6H3,(H2,16,17,18,19). The zero-order valence-electron chi connectivity index (χ0n) is 13.5. The van der Waals surface area contributed by atoms with E-state index in [1.807, 2.05) is 20.0 Å². The maximum atomic E-state index is 10.3. The van der Waals surface area contributed by atoms with Crippen LogP contribution in [0.3, 0.4) is 0 Å². The molecule has 1 rings (SSSR count). The smallest absolute Gasteiger partial charge is 0.135 e. The van der Waals surface area contributed by atoms with Gasteiger partial charge in [0.1, 0.15) is 17.5 Å². The quantitative estimate of drug-likeness (QED) is 0.716. The van der Waals surface area contributed by atoms with Crippen LogP contribution in [0.1, 0.15) is 52.8 Å². The van der Waals surface area contributed by atoms with Crippen LogP contribution in [0.15, 0.2) is 6.07 Å². The van der Waals surface area contributed by atoms with Crippen molar-refractivity contribution in [1.29, 1.82) is 0 Å². The average molecular weight is 280 g/mol. The Balaban J connectivity index is 2.79. The summed E-state index contributed by atoms with van der Waals surface area (Å²) in [6.45, 7) is 10.7. The molecule has 0 saturated heterocycles. The van der Waals surface area contributed by atoms with E-state index in [0.717, 1.165) is 23.9 Å². The predicted molar refractivity (Wildman–Crippen MR) is 84.2 cm³/mol. The lowest BCUT2D eigenvalue weighted by atomic mass is 9.94. The van der Waals surface area contributed by atoms with Gasteiger partial charge in [0.15, 0.2) is 0 Å². The lowest BCUT2D eigenvalue weighted by Gasteiger charge is -2.26. The number of nitrogens with zero attached hydrogens (tertiary/aromatic N) is 2. The molecule has 114 valence electrons. The largest absolute Gasteiger partial charge is 0.388 e. The Morgan fingerprint density at radius 1 is 1.20 bits per heavy atom. The summed E-state index contributed by atoms with van der Waals surface area (Å²) in [4.78, 5) is 8.91. The van der Waals surface area contributed by atoms with E-state index in [-0.39, 0.29) is 5.92 Å². The lowest BCUT2D eigenvalue weighted by Crippen LogP contribution is -2.35. The molecule has 1 heterocycles. The van der Waals surface area contributed by atoms with Crippen LogP contribution in [-0.4, -0.2) is 34.3 Å². The number of aliphatic hydroxyl groups is 1. The maximum Gasteiger partial charge on any atom is 0.135 e. The number of nitrogens with one attached hydrogen (secondary N) is 2. The number of anilines is 2. The Morgan fingerprint density at radius 3 is 2.30 bits per heavy atom. The fourth-order valence-electron chi connectivity index (χ4n) is 2.18. The first-order valence-corrected chi connectivity index (χ1v) is 7.26. The van der Waals surface area contributed by atoms with E-state index >= 15 is 0 Å². The number of rotatable bonds is 7. The third kappa shape index (κ3) is 5.33. The molecule has 0 aliphatic carbocycles. The van der Waals surface area contributed by atoms with Crippen molar-refractivity contribution < 1.29 is 5.11 Å². The Hall–Kier alpha value is -1.36. The molecular formula is C15H28N4O. The molecular weight excluding hydrogens is 252 g/mol. The number of hydrogen-bond acceptors (Lipinski definition) is 5. The highest BCUT2D eigenvalue weighted by molar-refractivity contribution is 5.47. The van der Waals surface area contributed by atoms with Crippen LogP contribution in [-0.2, 0) is 0 Å². The van der Waals surface area contributed by atoms with Crippen LogP contribution < -0.4 is 10.6 Å². The molecule has 3 N–H and O–H groups in total. The van der Waals surface area contributed by atoms with Crippen molar-refractivity contribution in [3.8, 4) is 0 Å². The van der Waals surface area contributed by atoms with Gasteiger partial charge in [-0.15, -0.1) is 0 Å². The Bertz CT molecular complexity index is 430. The summed E-state index contributed by atoms with van der Waals surface area (Å²) in [6, 6.07) is 1.86. The van der Waals surface area contributed by atoms with Gasteiger partial charge in [-0.2, -0.15) is 0 Å². The van der Waals surface area contributed by atoms with Gasteiger partial charge >= 0.3 is 0 Å². The van der Waals surface area contributed by atoms with Crippen LogP contribution in [0.4, 0.5) is 11.6 Å². The van der Waals surface area contributed by atoms with Gasteiger partial charge in [0.2, 0.25) is 0 Å². The van der Waals surface area contributed by atoms with Crippen molar-refractivity contribution in [3.05, 3.63) is 11.9 Å². The Labute approximate surface area is 122 Å². The molecule has 0 radical (unpaired) electrons. The molecule has 0 amide bonds. The van der Waals surface area contributed by atoms with Gasteiger partial charge in [-0.05, 0) is 19.3 Å². The Kier molecular flexibility index (Phi) is 5.74. The second-order valence-electron chi connectivity index (χ2n) is 6.35. The zero-order valence-corrected chi connectivity index (χ0v) is 13.5. The van der Waals surface area contributed by atoms with E-state index in [1.54, 1.807) is 0 Å². The molecule has 0 spiro atoms. The van der Waals surface area contributed by atoms with Crippen LogP contribution in [0.2, 0.25) is 0 Å². The average Bonchev–Trinajstić information content (AvgIpc) is 2.34. The van der Waals surface area contributed by atoms with Crippen molar-refractivity contribution in [1.82, 2.24) is 9.97 Å². The summed E-state index contributed by atoms with van der Waals surface area (Å²) in [5, 5.41) is 16.6. The number of aromatic nitrogens is 2. The van der Waals surface area contributed by atoms with Gasteiger partial charge in [-0.25, -0.2) is 9.97 Å². The van der Waals surface area contributed by atoms with Crippen LogP contribution in [0.25, 0.3) is 0 Å². The van der Waals surface area contributed by atoms with E-state index in [2.05, 4.69) is 48.3 Å². The maximum absolute atomic E-state index is 10.3. The molecule has 0 aliphatic heterocycles. The van der Waals surface area contributed by atoms with Crippen molar-refractivity contribution >= 4 is 11.6 Å². The summed E-state index contributed by atoms with van der Waals surface area (Å²) >= 11 is 0. The summed E-state index contributed by atoms with van der Waals surface area (Å²) in [6.07, 6.45) is 0.751. The third-order valence-electron chi connectivity index (χ3n) is 3.01. The zero-order chi connectivity index (χ0) is 15.3. The fourth-order valence-corrected chi connectivity index (χ4v) is 2.18. The minimum atomic E-state index is -0.739. The first kappa shape index (κ1) is 16.7. The molecule has 1 aromatic heterocycles. The van der Waals surface area contributed by atoms with Gasteiger partial charge in [0.25, 0.3) is 0 Å². The van der Waals surface area contributed by atoms with Crippen molar-refractivity contribution in [2.45, 2.75) is 52.6 Å². The van der Waals surface area contributed by atoms with Gasteiger partial charge in [-0.3, -0.25) is 0 Å². The van der Waals surface area contributed by atoms with E-state index in [1.165, 1.54) is 0 Å². The second-order valence-corrected chi connectivity index (χ2v) is 6.35. The highest BCUT2D eigenvalue weighted by Gasteiger charge is 2.22. The molecule has 1 atom stereocenters. The van der Waals surface area contributed by atoms with E-state index < -0.39 is 5.60 Å². The van der Waals surface area contributed by atoms with Gasteiger partial charge in [0, 0.05) is 25.6 Å². The summed E-state index contributed by atoms with van der Waals surface area (Å²) in [5.74, 6) is 3.05. The molecule has 1 aromatic rings. The highest BCUT2D eigenvalue weighted by atomic mass is 16.3. The predicted octanol–water partition coefficient (Wildman–Crippen LogP) is 2.85. The molecule has 5 nitrogen and oxygen atoms in total. The van der Waals surface area contributed by atoms with Crippen LogP contribution in [0.5, 0.6) is 0 Å². The molecule has 0 aliphatic rings. The minimum absolute atomic E-state index is 0.264. The van der Waals surface area contributed by atoms with Crippen molar-refractivity contribution in [2.75, 3.05) is 24.2 Å².